The molecule has 1 aromatic heterocycles. The molecule has 17 heavy (non-hydrogen) atoms. The van der Waals surface area contributed by atoms with Crippen molar-refractivity contribution in [1.29, 1.82) is 0 Å². The Labute approximate surface area is 103 Å². The Balaban J connectivity index is 2.37. The summed E-state index contributed by atoms with van der Waals surface area (Å²) in [6.45, 7) is 3.51. The van der Waals surface area contributed by atoms with Crippen molar-refractivity contribution in [3.05, 3.63) is 17.5 Å². The van der Waals surface area contributed by atoms with Crippen LogP contribution in [0, 0.1) is 0 Å². The van der Waals surface area contributed by atoms with Gasteiger partial charge in [-0.25, -0.2) is 19.7 Å². The highest BCUT2D eigenvalue weighted by Crippen LogP contribution is 2.24. The molecule has 2 heterocycles. The predicted octanol–water partition coefficient (Wildman–Crippen LogP) is 1.35. The third kappa shape index (κ3) is 1.84. The average Bonchev–Trinajstić information content (AvgIpc) is 2.53. The highest BCUT2D eigenvalue weighted by atomic mass is 35.5. The molecule has 2 rings (SSSR count). The summed E-state index contributed by atoms with van der Waals surface area (Å²) in [4.78, 5) is 32.5. The molecule has 1 aliphatic rings. The zero-order valence-electron chi connectivity index (χ0n) is 9.40. The minimum atomic E-state index is -0.877. The maximum Gasteiger partial charge on any atom is 0.330 e. The van der Waals surface area contributed by atoms with E-state index in [0.717, 1.165) is 4.90 Å². The van der Waals surface area contributed by atoms with E-state index in [1.54, 1.807) is 6.92 Å². The molecule has 3 amide bonds. The van der Waals surface area contributed by atoms with Crippen LogP contribution in [-0.4, -0.2) is 27.4 Å². The summed E-state index contributed by atoms with van der Waals surface area (Å²) in [7, 11) is 0. The lowest BCUT2D eigenvalue weighted by atomic mass is 9.99. The van der Waals surface area contributed by atoms with Gasteiger partial charge in [0.1, 0.15) is 10.7 Å². The molecule has 1 unspecified atom stereocenters. The van der Waals surface area contributed by atoms with Crippen LogP contribution >= 0.6 is 11.6 Å². The first kappa shape index (κ1) is 11.8. The molecule has 1 aromatic rings. The molecule has 90 valence electrons. The second kappa shape index (κ2) is 3.96. The van der Waals surface area contributed by atoms with Gasteiger partial charge in [0.15, 0.2) is 5.82 Å². The van der Waals surface area contributed by atoms with Gasteiger partial charge in [0.2, 0.25) is 0 Å². The SMILES string of the molecule is CCC1(C)NC(=O)N(c2cnc(Cl)cn2)C1=O. The van der Waals surface area contributed by atoms with Crippen molar-refractivity contribution < 1.29 is 9.59 Å². The van der Waals surface area contributed by atoms with Crippen molar-refractivity contribution in [3.63, 3.8) is 0 Å². The first-order valence-corrected chi connectivity index (χ1v) is 5.50. The van der Waals surface area contributed by atoms with Crippen LogP contribution in [0.2, 0.25) is 5.15 Å². The first-order valence-electron chi connectivity index (χ1n) is 5.12. The van der Waals surface area contributed by atoms with Gasteiger partial charge in [0.05, 0.1) is 12.4 Å². The van der Waals surface area contributed by atoms with Gasteiger partial charge in [-0.2, -0.15) is 0 Å². The number of nitrogens with one attached hydrogen (secondary N) is 1. The van der Waals surface area contributed by atoms with Gasteiger partial charge in [-0.3, -0.25) is 4.79 Å². The number of imide groups is 1. The number of halogens is 1. The summed E-state index contributed by atoms with van der Waals surface area (Å²) >= 11 is 5.60. The first-order chi connectivity index (χ1) is 7.98. The van der Waals surface area contributed by atoms with Gasteiger partial charge in [-0.15, -0.1) is 0 Å². The van der Waals surface area contributed by atoms with Crippen LogP contribution in [0.5, 0.6) is 0 Å². The zero-order chi connectivity index (χ0) is 12.6. The summed E-state index contributed by atoms with van der Waals surface area (Å²) in [5.41, 5.74) is -0.877. The monoisotopic (exact) mass is 254 g/mol. The minimum absolute atomic E-state index is 0.175. The average molecular weight is 255 g/mol. The van der Waals surface area contributed by atoms with Crippen LogP contribution in [0.25, 0.3) is 0 Å². The molecule has 0 bridgehead atoms. The van der Waals surface area contributed by atoms with Crippen molar-refractivity contribution in [3.8, 4) is 0 Å². The third-order valence-corrected chi connectivity index (χ3v) is 3.00. The van der Waals surface area contributed by atoms with E-state index in [2.05, 4.69) is 15.3 Å². The normalized spacial score (nSPS) is 24.1. The summed E-state index contributed by atoms with van der Waals surface area (Å²) in [6, 6.07) is -0.490. The summed E-state index contributed by atoms with van der Waals surface area (Å²) in [6.07, 6.45) is 3.09. The molecule has 0 radical (unpaired) electrons. The Bertz CT molecular complexity index is 476. The Morgan fingerprint density at radius 2 is 2.12 bits per heavy atom. The molecule has 1 atom stereocenters. The number of urea groups is 1. The number of hydrogen-bond donors (Lipinski definition) is 1. The number of carbonyl (C=O) groups is 2. The summed E-state index contributed by atoms with van der Waals surface area (Å²) in [5.74, 6) is -0.157. The molecule has 1 fully saturated rings. The fourth-order valence-corrected chi connectivity index (χ4v) is 1.65. The Morgan fingerprint density at radius 3 is 2.59 bits per heavy atom. The van der Waals surface area contributed by atoms with Crippen molar-refractivity contribution in [2.45, 2.75) is 25.8 Å². The largest absolute Gasteiger partial charge is 0.330 e. The summed E-state index contributed by atoms with van der Waals surface area (Å²) in [5, 5.41) is 2.84. The number of amides is 3. The molecule has 0 aromatic carbocycles. The predicted molar refractivity (Wildman–Crippen MR) is 61.8 cm³/mol. The van der Waals surface area contributed by atoms with E-state index >= 15 is 0 Å². The fraction of sp³-hybridized carbons (Fsp3) is 0.400. The van der Waals surface area contributed by atoms with Crippen LogP contribution in [0.3, 0.4) is 0 Å². The van der Waals surface area contributed by atoms with Gasteiger partial charge >= 0.3 is 6.03 Å². The number of aromatic nitrogens is 2. The number of anilines is 1. The number of nitrogens with zero attached hydrogens (tertiary/aromatic N) is 3. The van der Waals surface area contributed by atoms with Gasteiger partial charge < -0.3 is 5.32 Å². The third-order valence-electron chi connectivity index (χ3n) is 2.80. The zero-order valence-corrected chi connectivity index (χ0v) is 10.2. The quantitative estimate of drug-likeness (QED) is 0.809. The van der Waals surface area contributed by atoms with Crippen molar-refractivity contribution in [2.24, 2.45) is 0 Å². The lowest BCUT2D eigenvalue weighted by Crippen LogP contribution is -2.43. The lowest BCUT2D eigenvalue weighted by Gasteiger charge is -2.18. The van der Waals surface area contributed by atoms with Gasteiger partial charge in [0, 0.05) is 0 Å². The fourth-order valence-electron chi connectivity index (χ4n) is 1.55. The van der Waals surface area contributed by atoms with Crippen molar-refractivity contribution >= 4 is 29.4 Å². The second-order valence-electron chi connectivity index (χ2n) is 3.95. The van der Waals surface area contributed by atoms with Crippen LogP contribution in [-0.2, 0) is 4.79 Å². The highest BCUT2D eigenvalue weighted by Gasteiger charge is 2.47. The minimum Gasteiger partial charge on any atom is -0.323 e. The van der Waals surface area contributed by atoms with Gasteiger partial charge in [0.25, 0.3) is 5.91 Å². The summed E-state index contributed by atoms with van der Waals surface area (Å²) < 4.78 is 0. The molecule has 7 heteroatoms. The van der Waals surface area contributed by atoms with Crippen molar-refractivity contribution in [2.75, 3.05) is 4.90 Å². The van der Waals surface area contributed by atoms with E-state index in [1.807, 2.05) is 6.92 Å². The van der Waals surface area contributed by atoms with Gasteiger partial charge in [-0.05, 0) is 13.3 Å². The number of rotatable bonds is 2. The van der Waals surface area contributed by atoms with Gasteiger partial charge in [-0.1, -0.05) is 18.5 Å². The molecule has 0 spiro atoms. The molecule has 1 N–H and O–H groups in total. The molecule has 1 aliphatic heterocycles. The van der Waals surface area contributed by atoms with E-state index in [0.29, 0.717) is 6.42 Å². The molecule has 1 saturated heterocycles. The van der Waals surface area contributed by atoms with Crippen LogP contribution < -0.4 is 10.2 Å². The van der Waals surface area contributed by atoms with E-state index < -0.39 is 11.6 Å². The molecule has 6 nitrogen and oxygen atoms in total. The smallest absolute Gasteiger partial charge is 0.323 e. The Kier molecular flexibility index (Phi) is 2.74. The standard InChI is InChI=1S/C10H11ClN4O2/c1-3-10(2)8(16)15(9(17)14-10)7-5-12-6(11)4-13-7/h4-5H,3H2,1-2H3,(H,14,17). The Morgan fingerprint density at radius 1 is 1.41 bits per heavy atom. The Hall–Kier alpha value is -1.69. The van der Waals surface area contributed by atoms with Crippen molar-refractivity contribution in [1.82, 2.24) is 15.3 Å². The molecule has 0 saturated carbocycles. The lowest BCUT2D eigenvalue weighted by molar-refractivity contribution is -0.121. The maximum atomic E-state index is 12.1. The second-order valence-corrected chi connectivity index (χ2v) is 4.34. The van der Waals surface area contributed by atoms with Crippen LogP contribution in [0.1, 0.15) is 20.3 Å². The number of hydrogen-bond acceptors (Lipinski definition) is 4. The molecular weight excluding hydrogens is 244 g/mol. The number of carbonyl (C=O) groups excluding carboxylic acids is 2. The van der Waals surface area contributed by atoms with E-state index in [1.165, 1.54) is 12.4 Å². The van der Waals surface area contributed by atoms with E-state index in [4.69, 9.17) is 11.6 Å². The maximum absolute atomic E-state index is 12.1. The highest BCUT2D eigenvalue weighted by molar-refractivity contribution is 6.29. The van der Waals surface area contributed by atoms with Crippen LogP contribution in [0.15, 0.2) is 12.4 Å². The molecular formula is C10H11ClN4O2. The van der Waals surface area contributed by atoms with Crippen LogP contribution in [0.4, 0.5) is 10.6 Å². The van der Waals surface area contributed by atoms with E-state index in [9.17, 15) is 9.59 Å². The topological polar surface area (TPSA) is 75.2 Å². The van der Waals surface area contributed by atoms with E-state index in [-0.39, 0.29) is 16.9 Å². The molecule has 0 aliphatic carbocycles.